The van der Waals surface area contributed by atoms with Crippen molar-refractivity contribution in [3.63, 3.8) is 0 Å². The Morgan fingerprint density at radius 3 is 2.69 bits per heavy atom. The number of methoxy groups -OCH3 is 1. The summed E-state index contributed by atoms with van der Waals surface area (Å²) in [5, 5.41) is -0.799. The summed E-state index contributed by atoms with van der Waals surface area (Å²) in [6, 6.07) is 0. The fourth-order valence-corrected chi connectivity index (χ4v) is 1.34. The van der Waals surface area contributed by atoms with Crippen LogP contribution in [0.3, 0.4) is 0 Å². The summed E-state index contributed by atoms with van der Waals surface area (Å²) >= 11 is 5.79. The Morgan fingerprint density at radius 2 is 2.31 bits per heavy atom. The maximum atomic E-state index is 11.0. The number of carbonyl (C=O) groups excluding carboxylic acids is 1. The lowest BCUT2D eigenvalue weighted by Crippen LogP contribution is -2.33. The van der Waals surface area contributed by atoms with E-state index in [1.165, 1.54) is 7.11 Å². The number of hydrogen-bond acceptors (Lipinski definition) is 4. The van der Waals surface area contributed by atoms with Crippen LogP contribution in [0.4, 0.5) is 0 Å². The van der Waals surface area contributed by atoms with Crippen molar-refractivity contribution in [1.29, 1.82) is 0 Å². The van der Waals surface area contributed by atoms with Crippen LogP contribution < -0.4 is 0 Å². The average molecular weight is 209 g/mol. The molecule has 0 N–H and O–H groups in total. The number of hydrogen-bond donors (Lipinski definition) is 0. The number of carbonyl (C=O) groups is 1. The van der Waals surface area contributed by atoms with Gasteiger partial charge in [-0.05, 0) is 13.8 Å². The molecule has 1 saturated heterocycles. The molecule has 0 amide bonds. The van der Waals surface area contributed by atoms with Crippen molar-refractivity contribution in [3.05, 3.63) is 0 Å². The lowest BCUT2D eigenvalue weighted by atomic mass is 10.2. The van der Waals surface area contributed by atoms with Gasteiger partial charge in [0.2, 0.25) is 0 Å². The zero-order valence-electron chi connectivity index (χ0n) is 7.87. The van der Waals surface area contributed by atoms with Gasteiger partial charge in [0.15, 0.2) is 11.2 Å². The summed E-state index contributed by atoms with van der Waals surface area (Å²) in [7, 11) is 1.29. The molecule has 13 heavy (non-hydrogen) atoms. The van der Waals surface area contributed by atoms with Crippen molar-refractivity contribution in [2.45, 2.75) is 31.1 Å². The first-order valence-corrected chi connectivity index (χ1v) is 4.43. The van der Waals surface area contributed by atoms with Crippen LogP contribution in [0.25, 0.3) is 0 Å². The molecule has 0 aromatic rings. The van der Waals surface area contributed by atoms with Gasteiger partial charge in [-0.2, -0.15) is 0 Å². The number of alkyl halides is 1. The van der Waals surface area contributed by atoms with E-state index in [0.717, 1.165) is 0 Å². The van der Waals surface area contributed by atoms with E-state index in [-0.39, 0.29) is 0 Å². The molecule has 0 saturated carbocycles. The van der Waals surface area contributed by atoms with Crippen LogP contribution >= 0.6 is 11.6 Å². The van der Waals surface area contributed by atoms with Crippen molar-refractivity contribution >= 4 is 17.6 Å². The Kier molecular flexibility index (Phi) is 3.16. The summed E-state index contributed by atoms with van der Waals surface area (Å²) in [4.78, 5) is 11.0. The smallest absolute Gasteiger partial charge is 0.326 e. The summed E-state index contributed by atoms with van der Waals surface area (Å²) in [6.07, 6.45) is -0.427. The highest BCUT2D eigenvalue weighted by molar-refractivity contribution is 6.30. The monoisotopic (exact) mass is 208 g/mol. The molecular formula is C8H13ClO4. The largest absolute Gasteiger partial charge is 0.468 e. The fraction of sp³-hybridized carbons (Fsp3) is 0.875. The summed E-state index contributed by atoms with van der Waals surface area (Å²) in [6.45, 7) is 3.86. The summed E-state index contributed by atoms with van der Waals surface area (Å²) < 4.78 is 15.1. The van der Waals surface area contributed by atoms with Gasteiger partial charge in [0.05, 0.1) is 13.7 Å². The van der Waals surface area contributed by atoms with Crippen molar-refractivity contribution < 1.29 is 19.0 Å². The number of ether oxygens (including phenoxy) is 3. The SMILES string of the molecule is COC(=O)C(Cl)C1COC(C)(C)O1. The normalized spacial score (nSPS) is 28.5. The molecule has 1 fully saturated rings. The van der Waals surface area contributed by atoms with Gasteiger partial charge in [-0.1, -0.05) is 0 Å². The summed E-state index contributed by atoms with van der Waals surface area (Å²) in [5.74, 6) is -1.15. The molecule has 2 atom stereocenters. The topological polar surface area (TPSA) is 44.8 Å². The van der Waals surface area contributed by atoms with Gasteiger partial charge < -0.3 is 14.2 Å². The molecule has 1 rings (SSSR count). The van der Waals surface area contributed by atoms with Crippen LogP contribution in [0, 0.1) is 0 Å². The zero-order valence-corrected chi connectivity index (χ0v) is 8.63. The quantitative estimate of drug-likeness (QED) is 0.500. The van der Waals surface area contributed by atoms with Crippen molar-refractivity contribution in [2.24, 2.45) is 0 Å². The molecular weight excluding hydrogens is 196 g/mol. The Hall–Kier alpha value is -0.320. The molecule has 0 aromatic carbocycles. The number of esters is 1. The summed E-state index contributed by atoms with van der Waals surface area (Å²) in [5.41, 5.74) is 0. The highest BCUT2D eigenvalue weighted by Crippen LogP contribution is 2.26. The van der Waals surface area contributed by atoms with E-state index < -0.39 is 23.2 Å². The predicted octanol–water partition coefficient (Wildman–Crippen LogP) is 0.918. The highest BCUT2D eigenvalue weighted by atomic mass is 35.5. The minimum atomic E-state index is -0.799. The molecule has 0 bridgehead atoms. The molecule has 0 aromatic heterocycles. The Bertz CT molecular complexity index is 204. The van der Waals surface area contributed by atoms with Gasteiger partial charge in [0, 0.05) is 0 Å². The van der Waals surface area contributed by atoms with Gasteiger partial charge in [-0.3, -0.25) is 4.79 Å². The molecule has 0 radical (unpaired) electrons. The second-order valence-electron chi connectivity index (χ2n) is 3.29. The highest BCUT2D eigenvalue weighted by Gasteiger charge is 2.39. The molecule has 5 heteroatoms. The third-order valence-electron chi connectivity index (χ3n) is 1.78. The van der Waals surface area contributed by atoms with Crippen molar-refractivity contribution in [1.82, 2.24) is 0 Å². The predicted molar refractivity (Wildman–Crippen MR) is 46.6 cm³/mol. The molecule has 0 aliphatic carbocycles. The molecule has 0 spiro atoms. The van der Waals surface area contributed by atoms with Crippen LogP contribution in [0.2, 0.25) is 0 Å². The minimum absolute atomic E-state index is 0.316. The van der Waals surface area contributed by atoms with Crippen molar-refractivity contribution in [2.75, 3.05) is 13.7 Å². The van der Waals surface area contributed by atoms with E-state index in [9.17, 15) is 4.79 Å². The van der Waals surface area contributed by atoms with Crippen molar-refractivity contribution in [3.8, 4) is 0 Å². The van der Waals surface area contributed by atoms with Gasteiger partial charge in [0.25, 0.3) is 0 Å². The van der Waals surface area contributed by atoms with Crippen LogP contribution in [0.1, 0.15) is 13.8 Å². The average Bonchev–Trinajstić information content (AvgIpc) is 2.43. The maximum absolute atomic E-state index is 11.0. The van der Waals surface area contributed by atoms with E-state index in [1.807, 2.05) is 0 Å². The standard InChI is InChI=1S/C8H13ClO4/c1-8(2)12-4-5(13-8)6(9)7(10)11-3/h5-6H,4H2,1-3H3. The molecule has 76 valence electrons. The molecule has 1 heterocycles. The van der Waals surface area contributed by atoms with Gasteiger partial charge in [-0.25, -0.2) is 0 Å². The van der Waals surface area contributed by atoms with Crippen LogP contribution in [-0.2, 0) is 19.0 Å². The van der Waals surface area contributed by atoms with Crippen LogP contribution in [0.15, 0.2) is 0 Å². The molecule has 2 unspecified atom stereocenters. The minimum Gasteiger partial charge on any atom is -0.468 e. The van der Waals surface area contributed by atoms with E-state index in [1.54, 1.807) is 13.8 Å². The third-order valence-corrected chi connectivity index (χ3v) is 2.24. The van der Waals surface area contributed by atoms with E-state index >= 15 is 0 Å². The van der Waals surface area contributed by atoms with Crippen LogP contribution in [0.5, 0.6) is 0 Å². The van der Waals surface area contributed by atoms with Gasteiger partial charge in [-0.15, -0.1) is 11.6 Å². The fourth-order valence-electron chi connectivity index (χ4n) is 1.12. The Balaban J connectivity index is 2.51. The number of halogens is 1. The lowest BCUT2D eigenvalue weighted by Gasteiger charge is -2.18. The zero-order chi connectivity index (χ0) is 10.1. The van der Waals surface area contributed by atoms with E-state index in [4.69, 9.17) is 21.1 Å². The number of rotatable bonds is 2. The lowest BCUT2D eigenvalue weighted by molar-refractivity contribution is -0.151. The first-order valence-electron chi connectivity index (χ1n) is 4.00. The second kappa shape index (κ2) is 3.82. The first kappa shape index (κ1) is 10.8. The maximum Gasteiger partial charge on any atom is 0.326 e. The first-order chi connectivity index (χ1) is 5.96. The van der Waals surface area contributed by atoms with Gasteiger partial charge >= 0.3 is 5.97 Å². The molecule has 1 aliphatic heterocycles. The van der Waals surface area contributed by atoms with Crippen LogP contribution in [-0.4, -0.2) is 37.0 Å². The molecule has 1 aliphatic rings. The van der Waals surface area contributed by atoms with E-state index in [2.05, 4.69) is 4.74 Å². The third kappa shape index (κ3) is 2.56. The van der Waals surface area contributed by atoms with E-state index in [0.29, 0.717) is 6.61 Å². The molecule has 4 nitrogen and oxygen atoms in total. The Labute approximate surface area is 82.1 Å². The second-order valence-corrected chi connectivity index (χ2v) is 3.76. The van der Waals surface area contributed by atoms with Gasteiger partial charge in [0.1, 0.15) is 6.10 Å². The Morgan fingerprint density at radius 1 is 1.69 bits per heavy atom.